The molecule has 0 saturated carbocycles. The summed E-state index contributed by atoms with van der Waals surface area (Å²) < 4.78 is 5.34. The van der Waals surface area contributed by atoms with Gasteiger partial charge in [-0.15, -0.1) is 22.7 Å². The average Bonchev–Trinajstić information content (AvgIpc) is 3.34. The van der Waals surface area contributed by atoms with E-state index in [9.17, 15) is 4.79 Å². The summed E-state index contributed by atoms with van der Waals surface area (Å²) >= 11 is 3.25. The molecule has 1 aliphatic rings. The van der Waals surface area contributed by atoms with Crippen molar-refractivity contribution in [3.05, 3.63) is 74.3 Å². The van der Waals surface area contributed by atoms with E-state index in [1.165, 1.54) is 10.4 Å². The van der Waals surface area contributed by atoms with Gasteiger partial charge in [0.1, 0.15) is 5.00 Å². The fraction of sp³-hybridized carbons (Fsp3) is 0.273. The van der Waals surface area contributed by atoms with Crippen LogP contribution < -0.4 is 0 Å². The van der Waals surface area contributed by atoms with Crippen LogP contribution in [0.25, 0.3) is 0 Å². The summed E-state index contributed by atoms with van der Waals surface area (Å²) in [5.74, 6) is -0.255. The second-order valence-electron chi connectivity index (χ2n) is 6.62. The van der Waals surface area contributed by atoms with Gasteiger partial charge >= 0.3 is 5.97 Å². The van der Waals surface area contributed by atoms with Gasteiger partial charge in [-0.3, -0.25) is 4.90 Å². The number of thiophene rings is 2. The molecule has 0 amide bonds. The van der Waals surface area contributed by atoms with E-state index < -0.39 is 0 Å². The molecule has 144 valence electrons. The van der Waals surface area contributed by atoms with Crippen LogP contribution in [0.5, 0.6) is 0 Å². The van der Waals surface area contributed by atoms with Gasteiger partial charge in [0.15, 0.2) is 0 Å². The van der Waals surface area contributed by atoms with Crippen molar-refractivity contribution in [1.82, 2.24) is 4.90 Å². The number of hydrogen-bond acceptors (Lipinski definition) is 6. The lowest BCUT2D eigenvalue weighted by Crippen LogP contribution is -2.29. The van der Waals surface area contributed by atoms with Crippen molar-refractivity contribution in [1.29, 1.82) is 0 Å². The molecule has 0 spiro atoms. The van der Waals surface area contributed by atoms with Crippen molar-refractivity contribution >= 4 is 39.9 Å². The summed E-state index contributed by atoms with van der Waals surface area (Å²) in [4.78, 5) is 22.0. The number of carbonyl (C=O) groups is 1. The largest absolute Gasteiger partial charge is 0.462 e. The van der Waals surface area contributed by atoms with Crippen molar-refractivity contribution in [2.75, 3.05) is 13.2 Å². The molecule has 0 N–H and O–H groups in total. The molecular weight excluding hydrogens is 388 g/mol. The van der Waals surface area contributed by atoms with Crippen LogP contribution in [0.4, 0.5) is 5.00 Å². The number of benzene rings is 1. The number of rotatable bonds is 6. The van der Waals surface area contributed by atoms with E-state index in [0.29, 0.717) is 12.2 Å². The van der Waals surface area contributed by atoms with E-state index >= 15 is 0 Å². The molecule has 28 heavy (non-hydrogen) atoms. The normalized spacial score (nSPS) is 14.3. The van der Waals surface area contributed by atoms with Gasteiger partial charge in [0, 0.05) is 35.6 Å². The highest BCUT2D eigenvalue weighted by Crippen LogP contribution is 2.39. The van der Waals surface area contributed by atoms with Gasteiger partial charge in [-0.1, -0.05) is 36.4 Å². The van der Waals surface area contributed by atoms with Gasteiger partial charge in [0.2, 0.25) is 0 Å². The minimum absolute atomic E-state index is 0.255. The topological polar surface area (TPSA) is 41.9 Å². The molecule has 4 rings (SSSR count). The third kappa shape index (κ3) is 4.24. The molecular formula is C22H22N2O2S2. The maximum atomic E-state index is 12.6. The number of nitrogens with zero attached hydrogens (tertiary/aromatic N) is 2. The highest BCUT2D eigenvalue weighted by Gasteiger charge is 2.28. The Balaban J connectivity index is 1.60. The SMILES string of the molecule is CCOC(=O)c1c(N=Cc2cccs2)sc2c1CCN(Cc1ccccc1)C2. The first-order chi connectivity index (χ1) is 13.7. The van der Waals surface area contributed by atoms with Crippen LogP contribution in [0.15, 0.2) is 52.8 Å². The third-order valence-electron chi connectivity index (χ3n) is 4.70. The van der Waals surface area contributed by atoms with Crippen molar-refractivity contribution in [2.45, 2.75) is 26.4 Å². The predicted octanol–water partition coefficient (Wildman–Crippen LogP) is 5.30. The van der Waals surface area contributed by atoms with Crippen LogP contribution in [-0.2, 0) is 24.2 Å². The summed E-state index contributed by atoms with van der Waals surface area (Å²) in [6, 6.07) is 14.5. The summed E-state index contributed by atoms with van der Waals surface area (Å²) in [6.07, 6.45) is 2.69. The number of esters is 1. The number of aliphatic imine (C=N–C) groups is 1. The third-order valence-corrected chi connectivity index (χ3v) is 6.63. The molecule has 0 fully saturated rings. The van der Waals surface area contributed by atoms with Gasteiger partial charge < -0.3 is 4.74 Å². The lowest BCUT2D eigenvalue weighted by molar-refractivity contribution is 0.0526. The molecule has 0 atom stereocenters. The van der Waals surface area contributed by atoms with Gasteiger partial charge in [0.05, 0.1) is 12.2 Å². The molecule has 4 nitrogen and oxygen atoms in total. The maximum Gasteiger partial charge on any atom is 0.341 e. The molecule has 0 bridgehead atoms. The van der Waals surface area contributed by atoms with Crippen molar-refractivity contribution in [2.24, 2.45) is 4.99 Å². The highest BCUT2D eigenvalue weighted by atomic mass is 32.1. The number of fused-ring (bicyclic) bond motifs is 1. The smallest absolute Gasteiger partial charge is 0.341 e. The Bertz CT molecular complexity index is 962. The summed E-state index contributed by atoms with van der Waals surface area (Å²) in [5.41, 5.74) is 3.09. The van der Waals surface area contributed by atoms with Gasteiger partial charge in [-0.25, -0.2) is 9.79 Å². The Morgan fingerprint density at radius 3 is 2.86 bits per heavy atom. The summed E-state index contributed by atoms with van der Waals surface area (Å²) in [5, 5.41) is 2.78. The van der Waals surface area contributed by atoms with Crippen LogP contribution in [0.3, 0.4) is 0 Å². The van der Waals surface area contributed by atoms with E-state index in [-0.39, 0.29) is 5.97 Å². The monoisotopic (exact) mass is 410 g/mol. The second kappa shape index (κ2) is 8.82. The van der Waals surface area contributed by atoms with Crippen LogP contribution in [0, 0.1) is 0 Å². The molecule has 3 aromatic rings. The number of carbonyl (C=O) groups excluding carboxylic acids is 1. The molecule has 2 aromatic heterocycles. The summed E-state index contributed by atoms with van der Waals surface area (Å²) in [6.45, 7) is 4.90. The molecule has 3 heterocycles. The first-order valence-corrected chi connectivity index (χ1v) is 11.1. The fourth-order valence-corrected chi connectivity index (χ4v) is 5.22. The van der Waals surface area contributed by atoms with E-state index in [4.69, 9.17) is 4.74 Å². The number of hydrogen-bond donors (Lipinski definition) is 0. The Hall–Kier alpha value is -2.28. The standard InChI is InChI=1S/C22H22N2O2S2/c1-2-26-22(25)20-18-10-11-24(14-16-7-4-3-5-8-16)15-19(18)28-21(20)23-13-17-9-6-12-27-17/h3-9,12-13H,2,10-11,14-15H2,1H3. The van der Waals surface area contributed by atoms with Crippen LogP contribution in [-0.4, -0.2) is 30.2 Å². The van der Waals surface area contributed by atoms with Crippen LogP contribution >= 0.6 is 22.7 Å². The van der Waals surface area contributed by atoms with E-state index in [0.717, 1.165) is 41.5 Å². The number of ether oxygens (including phenoxy) is 1. The Labute approximate surface area is 173 Å². The molecule has 0 radical (unpaired) electrons. The molecule has 0 aliphatic carbocycles. The molecule has 0 unspecified atom stereocenters. The zero-order chi connectivity index (χ0) is 19.3. The lowest BCUT2D eigenvalue weighted by Gasteiger charge is -2.27. The molecule has 6 heteroatoms. The molecule has 0 saturated heterocycles. The summed E-state index contributed by atoms with van der Waals surface area (Å²) in [7, 11) is 0. The van der Waals surface area contributed by atoms with Crippen molar-refractivity contribution in [3.8, 4) is 0 Å². The molecule has 1 aliphatic heterocycles. The predicted molar refractivity (Wildman–Crippen MR) is 116 cm³/mol. The molecule has 1 aromatic carbocycles. The Morgan fingerprint density at radius 2 is 2.11 bits per heavy atom. The van der Waals surface area contributed by atoms with E-state index in [2.05, 4.69) is 34.2 Å². The van der Waals surface area contributed by atoms with Gasteiger partial charge in [-0.05, 0) is 35.9 Å². The highest BCUT2D eigenvalue weighted by molar-refractivity contribution is 7.16. The van der Waals surface area contributed by atoms with Gasteiger partial charge in [0.25, 0.3) is 0 Å². The van der Waals surface area contributed by atoms with E-state index in [1.807, 2.05) is 36.7 Å². The zero-order valence-electron chi connectivity index (χ0n) is 15.8. The Morgan fingerprint density at radius 1 is 1.25 bits per heavy atom. The van der Waals surface area contributed by atoms with E-state index in [1.54, 1.807) is 22.7 Å². The van der Waals surface area contributed by atoms with Crippen molar-refractivity contribution in [3.63, 3.8) is 0 Å². The maximum absolute atomic E-state index is 12.6. The van der Waals surface area contributed by atoms with Crippen LogP contribution in [0.1, 0.15) is 38.2 Å². The lowest BCUT2D eigenvalue weighted by atomic mass is 10.0. The average molecular weight is 411 g/mol. The second-order valence-corrected chi connectivity index (χ2v) is 8.69. The quantitative estimate of drug-likeness (QED) is 0.409. The first kappa shape index (κ1) is 19.1. The van der Waals surface area contributed by atoms with Crippen molar-refractivity contribution < 1.29 is 9.53 Å². The zero-order valence-corrected chi connectivity index (χ0v) is 17.4. The van der Waals surface area contributed by atoms with Crippen LogP contribution in [0.2, 0.25) is 0 Å². The first-order valence-electron chi connectivity index (χ1n) is 9.40. The minimum Gasteiger partial charge on any atom is -0.462 e. The Kier molecular flexibility index (Phi) is 6.00. The fourth-order valence-electron chi connectivity index (χ4n) is 3.41. The minimum atomic E-state index is -0.255. The van der Waals surface area contributed by atoms with Gasteiger partial charge in [-0.2, -0.15) is 0 Å².